The average Bonchev–Trinajstić information content (AvgIpc) is 3.44. The standard InChI is InChI=1S/C25H25ClFN5O3/c1-14(2)31-23(34)17-11-10-15(22(33)28-16-6-3-4-7-16)12-21(17)32-24(31)29-30(25(32)35)13-18-19(26)8-5-9-20(18)27/h5,8-12,14,16H,3-4,6-7,13H2,1-2H3,(H,28,33). The van der Waals surface area contributed by atoms with Gasteiger partial charge in [-0.05, 0) is 57.0 Å². The summed E-state index contributed by atoms with van der Waals surface area (Å²) in [6.07, 6.45) is 4.04. The van der Waals surface area contributed by atoms with Crippen molar-refractivity contribution >= 4 is 34.2 Å². The van der Waals surface area contributed by atoms with Crippen LogP contribution < -0.4 is 16.6 Å². The van der Waals surface area contributed by atoms with Crippen LogP contribution in [0, 0.1) is 5.82 Å². The van der Waals surface area contributed by atoms with E-state index >= 15 is 0 Å². The molecule has 2 aromatic carbocycles. The molecule has 0 atom stereocenters. The molecule has 8 nitrogen and oxygen atoms in total. The van der Waals surface area contributed by atoms with Crippen molar-refractivity contribution in [3.63, 3.8) is 0 Å². The van der Waals surface area contributed by atoms with Crippen LogP contribution in [0.25, 0.3) is 16.7 Å². The Bertz CT molecular complexity index is 1560. The lowest BCUT2D eigenvalue weighted by Crippen LogP contribution is -2.33. The molecule has 35 heavy (non-hydrogen) atoms. The van der Waals surface area contributed by atoms with Crippen LogP contribution in [0.15, 0.2) is 46.0 Å². The minimum absolute atomic E-state index is 0.114. The number of carbonyl (C=O) groups is 1. The van der Waals surface area contributed by atoms with Gasteiger partial charge < -0.3 is 5.32 Å². The van der Waals surface area contributed by atoms with Gasteiger partial charge in [-0.3, -0.25) is 14.2 Å². The van der Waals surface area contributed by atoms with Crippen LogP contribution in [-0.4, -0.2) is 30.7 Å². The summed E-state index contributed by atoms with van der Waals surface area (Å²) in [7, 11) is 0. The molecule has 1 fully saturated rings. The molecule has 5 rings (SSSR count). The molecule has 0 aliphatic heterocycles. The SMILES string of the molecule is CC(C)n1c(=O)c2ccc(C(=O)NC3CCCC3)cc2n2c(=O)n(Cc3c(F)cccc3Cl)nc12. The van der Waals surface area contributed by atoms with Gasteiger partial charge in [0.25, 0.3) is 11.5 Å². The zero-order valence-corrected chi connectivity index (χ0v) is 20.2. The Hall–Kier alpha value is -3.46. The van der Waals surface area contributed by atoms with E-state index in [4.69, 9.17) is 11.6 Å². The molecule has 10 heteroatoms. The fourth-order valence-electron chi connectivity index (χ4n) is 4.76. The first-order chi connectivity index (χ1) is 16.8. The van der Waals surface area contributed by atoms with Crippen molar-refractivity contribution < 1.29 is 9.18 Å². The Morgan fingerprint density at radius 2 is 1.94 bits per heavy atom. The number of amides is 1. The lowest BCUT2D eigenvalue weighted by Gasteiger charge is -2.14. The Balaban J connectivity index is 1.71. The van der Waals surface area contributed by atoms with Gasteiger partial charge in [0.1, 0.15) is 5.82 Å². The average molecular weight is 498 g/mol. The fourth-order valence-corrected chi connectivity index (χ4v) is 4.99. The van der Waals surface area contributed by atoms with Crippen molar-refractivity contribution in [3.05, 3.63) is 79.2 Å². The smallest absolute Gasteiger partial charge is 0.349 e. The molecular formula is C25H25ClFN5O3. The van der Waals surface area contributed by atoms with Crippen LogP contribution in [0.2, 0.25) is 5.02 Å². The zero-order chi connectivity index (χ0) is 24.9. The highest BCUT2D eigenvalue weighted by molar-refractivity contribution is 6.31. The van der Waals surface area contributed by atoms with Gasteiger partial charge in [-0.1, -0.05) is 30.5 Å². The Morgan fingerprint density at radius 3 is 2.63 bits per heavy atom. The van der Waals surface area contributed by atoms with E-state index < -0.39 is 11.5 Å². The van der Waals surface area contributed by atoms with Gasteiger partial charge in [0.15, 0.2) is 0 Å². The van der Waals surface area contributed by atoms with E-state index in [1.807, 2.05) is 13.8 Å². The molecule has 1 saturated carbocycles. The largest absolute Gasteiger partial charge is 0.352 e. The highest BCUT2D eigenvalue weighted by Gasteiger charge is 2.22. The summed E-state index contributed by atoms with van der Waals surface area (Å²) >= 11 is 6.17. The topological polar surface area (TPSA) is 90.4 Å². The molecule has 0 spiro atoms. The predicted octanol–water partition coefficient (Wildman–Crippen LogP) is 3.91. The first-order valence-corrected chi connectivity index (χ1v) is 12.1. The Kier molecular flexibility index (Phi) is 5.96. The van der Waals surface area contributed by atoms with E-state index in [1.165, 1.54) is 27.2 Å². The second-order valence-corrected chi connectivity index (χ2v) is 9.64. The number of benzene rings is 2. The number of fused-ring (bicyclic) bond motifs is 3. The molecule has 0 bridgehead atoms. The number of hydrogen-bond donors (Lipinski definition) is 1. The van der Waals surface area contributed by atoms with Crippen molar-refractivity contribution in [2.45, 2.75) is 58.2 Å². The van der Waals surface area contributed by atoms with E-state index in [0.29, 0.717) is 5.56 Å². The molecule has 1 aliphatic carbocycles. The molecule has 0 unspecified atom stereocenters. The maximum Gasteiger partial charge on any atom is 0.352 e. The summed E-state index contributed by atoms with van der Waals surface area (Å²) in [4.78, 5) is 39.7. The predicted molar refractivity (Wildman–Crippen MR) is 132 cm³/mol. The van der Waals surface area contributed by atoms with Crippen LogP contribution in [-0.2, 0) is 6.54 Å². The van der Waals surface area contributed by atoms with Gasteiger partial charge in [0.2, 0.25) is 5.78 Å². The van der Waals surface area contributed by atoms with Crippen molar-refractivity contribution in [2.24, 2.45) is 0 Å². The van der Waals surface area contributed by atoms with Gasteiger partial charge >= 0.3 is 5.69 Å². The van der Waals surface area contributed by atoms with Gasteiger partial charge in [0.05, 0.1) is 17.4 Å². The number of halogens is 2. The third-order valence-corrected chi connectivity index (χ3v) is 6.92. The van der Waals surface area contributed by atoms with E-state index in [1.54, 1.807) is 18.2 Å². The second-order valence-electron chi connectivity index (χ2n) is 9.23. The molecule has 4 aromatic rings. The Labute approximate surface area is 204 Å². The number of nitrogens with one attached hydrogen (secondary N) is 1. The zero-order valence-electron chi connectivity index (χ0n) is 19.4. The summed E-state index contributed by atoms with van der Waals surface area (Å²) in [6.45, 7) is 3.42. The van der Waals surface area contributed by atoms with Gasteiger partial charge in [-0.2, -0.15) is 0 Å². The molecule has 182 valence electrons. The highest BCUT2D eigenvalue weighted by Crippen LogP contribution is 2.22. The van der Waals surface area contributed by atoms with Crippen molar-refractivity contribution in [1.29, 1.82) is 0 Å². The van der Waals surface area contributed by atoms with E-state index in [2.05, 4.69) is 10.4 Å². The molecule has 1 N–H and O–H groups in total. The van der Waals surface area contributed by atoms with Crippen molar-refractivity contribution in [2.75, 3.05) is 0 Å². The molecule has 1 aliphatic rings. The van der Waals surface area contributed by atoms with Crippen molar-refractivity contribution in [1.82, 2.24) is 24.1 Å². The molecular weight excluding hydrogens is 473 g/mol. The summed E-state index contributed by atoms with van der Waals surface area (Å²) in [6, 6.07) is 8.82. The minimum atomic E-state index is -0.563. The van der Waals surface area contributed by atoms with Crippen LogP contribution in [0.4, 0.5) is 4.39 Å². The number of aromatic nitrogens is 4. The Morgan fingerprint density at radius 1 is 1.20 bits per heavy atom. The molecule has 0 radical (unpaired) electrons. The summed E-state index contributed by atoms with van der Waals surface area (Å²) in [5.41, 5.74) is -0.140. The second kappa shape index (κ2) is 8.96. The minimum Gasteiger partial charge on any atom is -0.349 e. The maximum atomic E-state index is 14.4. The summed E-state index contributed by atoms with van der Waals surface area (Å²) < 4.78 is 18.2. The van der Waals surface area contributed by atoms with E-state index in [9.17, 15) is 18.8 Å². The summed E-state index contributed by atoms with van der Waals surface area (Å²) in [5, 5.41) is 7.87. The number of hydrogen-bond acceptors (Lipinski definition) is 4. The lowest BCUT2D eigenvalue weighted by atomic mass is 10.1. The van der Waals surface area contributed by atoms with Gasteiger partial charge in [-0.15, -0.1) is 5.10 Å². The monoisotopic (exact) mass is 497 g/mol. The molecule has 2 heterocycles. The van der Waals surface area contributed by atoms with Gasteiger partial charge in [0, 0.05) is 28.2 Å². The van der Waals surface area contributed by atoms with Crippen LogP contribution >= 0.6 is 11.6 Å². The molecule has 2 aromatic heterocycles. The van der Waals surface area contributed by atoms with Gasteiger partial charge in [-0.25, -0.2) is 18.3 Å². The first-order valence-electron chi connectivity index (χ1n) is 11.7. The van der Waals surface area contributed by atoms with Crippen LogP contribution in [0.1, 0.15) is 61.5 Å². The molecule has 0 saturated heterocycles. The summed E-state index contributed by atoms with van der Waals surface area (Å²) in [5.74, 6) is -0.694. The lowest BCUT2D eigenvalue weighted by molar-refractivity contribution is 0.0938. The number of nitrogens with zero attached hydrogens (tertiary/aromatic N) is 4. The quantitative estimate of drug-likeness (QED) is 0.452. The third-order valence-electron chi connectivity index (χ3n) is 6.56. The van der Waals surface area contributed by atoms with Crippen molar-refractivity contribution in [3.8, 4) is 0 Å². The van der Waals surface area contributed by atoms with E-state index in [-0.39, 0.29) is 57.4 Å². The van der Waals surface area contributed by atoms with Crippen LogP contribution in [0.3, 0.4) is 0 Å². The third kappa shape index (κ3) is 4.03. The normalized spacial score (nSPS) is 14.4. The number of carbonyl (C=O) groups excluding carboxylic acids is 1. The first kappa shape index (κ1) is 23.3. The maximum absolute atomic E-state index is 14.4. The molecule has 1 amide bonds. The highest BCUT2D eigenvalue weighted by atomic mass is 35.5. The van der Waals surface area contributed by atoms with E-state index in [0.717, 1.165) is 30.4 Å². The fraction of sp³-hybridized carbons (Fsp3) is 0.360. The van der Waals surface area contributed by atoms with Crippen LogP contribution in [0.5, 0.6) is 0 Å². The number of rotatable bonds is 5.